The van der Waals surface area contributed by atoms with Crippen LogP contribution in [0.15, 0.2) is 29.3 Å². The average molecular weight is 1060 g/mol. The number of aromatic hydroxyl groups is 1. The Morgan fingerprint density at radius 1 is 0.680 bits per heavy atom. The van der Waals surface area contributed by atoms with Crippen LogP contribution < -0.4 is 65.9 Å². The van der Waals surface area contributed by atoms with E-state index in [1.54, 1.807) is 13.8 Å². The highest BCUT2D eigenvalue weighted by Crippen LogP contribution is 2.22. The van der Waals surface area contributed by atoms with E-state index >= 15 is 0 Å². The Morgan fingerprint density at radius 3 is 1.77 bits per heavy atom. The molecule has 75 heavy (non-hydrogen) atoms. The number of aliphatic hydroxyl groups is 2. The summed E-state index contributed by atoms with van der Waals surface area (Å²) in [6, 6.07) is -7.39. The zero-order valence-electron chi connectivity index (χ0n) is 42.4. The van der Waals surface area contributed by atoms with E-state index < -0.39 is 132 Å². The number of nitrogens with one attached hydrogen (secondary N) is 7. The summed E-state index contributed by atoms with van der Waals surface area (Å²) in [4.78, 5) is 149. The lowest BCUT2D eigenvalue weighted by molar-refractivity contribution is -0.145. The number of aliphatic hydroxyl groups excluding tert-OH is 2. The van der Waals surface area contributed by atoms with E-state index in [-0.39, 0.29) is 88.5 Å². The zero-order chi connectivity index (χ0) is 56.7. The summed E-state index contributed by atoms with van der Waals surface area (Å²) in [7, 11) is 0. The molecule has 10 atom stereocenters. The Balaban J connectivity index is 2.31. The molecule has 0 saturated carbocycles. The van der Waals surface area contributed by atoms with Gasteiger partial charge >= 0.3 is 5.97 Å². The van der Waals surface area contributed by atoms with Crippen LogP contribution in [0.25, 0.3) is 0 Å². The second-order valence-electron chi connectivity index (χ2n) is 18.5. The van der Waals surface area contributed by atoms with Gasteiger partial charge < -0.3 is 91.2 Å². The summed E-state index contributed by atoms with van der Waals surface area (Å²) in [5.41, 5.74) is 27.5. The minimum absolute atomic E-state index is 0.00552. The fraction of sp³-hybridized carbons (Fsp3) is 0.609. The van der Waals surface area contributed by atoms with Crippen LogP contribution in [0, 0.1) is 5.92 Å². The van der Waals surface area contributed by atoms with Crippen LogP contribution in [0.5, 0.6) is 5.75 Å². The molecule has 0 aromatic heterocycles. The number of carboxylic acid groups (broad SMARTS) is 1. The Bertz CT molecular complexity index is 2210. The van der Waals surface area contributed by atoms with Crippen LogP contribution in [0.3, 0.4) is 0 Å². The number of primary amides is 2. The average Bonchev–Trinajstić information content (AvgIpc) is 3.83. The van der Waals surface area contributed by atoms with E-state index in [1.807, 2.05) is 0 Å². The molecular formula is C46H74N14O15. The van der Waals surface area contributed by atoms with E-state index in [1.165, 1.54) is 36.1 Å². The number of carboxylic acids is 1. The Morgan fingerprint density at radius 2 is 1.21 bits per heavy atom. The highest BCUT2D eigenvalue weighted by molar-refractivity contribution is 5.98. The van der Waals surface area contributed by atoms with Gasteiger partial charge in [0.2, 0.25) is 59.1 Å². The van der Waals surface area contributed by atoms with E-state index in [2.05, 4.69) is 42.2 Å². The maximum atomic E-state index is 14.3. The van der Waals surface area contributed by atoms with Crippen molar-refractivity contribution in [1.82, 2.24) is 42.1 Å². The SMILES string of the molecule is CC(C)C[C@H](NC(=O)[C@H](CO)NC(=O)[C@H](CCCN=C(N)N)NC(=O)[C@H](C)NC(=O)[C@H](CCC(N)=O)NC(=O)[C@@H](N)CCC(N)=O)C(=O)N1CCC[C@H]1C(=O)N[C@@H](Cc1ccc(O)cc1)C(=O)N[C@H](C(=O)O)[C@@H](C)O. The summed E-state index contributed by atoms with van der Waals surface area (Å²) in [6.07, 6.45) is -2.44. The first-order valence-electron chi connectivity index (χ1n) is 24.3. The van der Waals surface area contributed by atoms with Crippen LogP contribution >= 0.6 is 0 Å². The van der Waals surface area contributed by atoms with Gasteiger partial charge in [-0.3, -0.25) is 52.9 Å². The standard InChI is InChI=1S/C46H74N14O15/c1-22(2)19-31(44(73)60-18-6-8-33(60)43(72)56-30(20-25-9-11-26(63)12-10-25)41(70)59-36(24(4)62)45(74)75)57-42(71)32(21-61)58-40(69)28(7-5-17-52-46(50)51)54-37(66)23(3)53-39(68)29(14-16-35(49)65)55-38(67)27(47)13-15-34(48)64/h9-12,22-24,27-33,36,61-63H,5-8,13-21,47H2,1-4H3,(H2,48,64)(H2,49,65)(H,53,68)(H,54,66)(H,55,67)(H,56,72)(H,57,71)(H,58,69)(H,59,70)(H,74,75)(H4,50,51,52)/t23-,24+,27-,28-,29-,30-,31-,32-,33-,36-/m0/s1. The van der Waals surface area contributed by atoms with Crippen molar-refractivity contribution in [3.8, 4) is 5.75 Å². The fourth-order valence-electron chi connectivity index (χ4n) is 7.63. The first-order valence-corrected chi connectivity index (χ1v) is 24.3. The number of aliphatic imine (C=N–C) groups is 1. The van der Waals surface area contributed by atoms with Gasteiger partial charge in [-0.1, -0.05) is 26.0 Å². The van der Waals surface area contributed by atoms with Gasteiger partial charge in [0.1, 0.15) is 48.0 Å². The monoisotopic (exact) mass is 1060 g/mol. The molecule has 10 amide bonds. The van der Waals surface area contributed by atoms with Gasteiger partial charge in [-0.05, 0) is 82.4 Å². The van der Waals surface area contributed by atoms with Crippen molar-refractivity contribution >= 4 is 71.0 Å². The van der Waals surface area contributed by atoms with Crippen molar-refractivity contribution in [3.63, 3.8) is 0 Å². The van der Waals surface area contributed by atoms with Crippen molar-refractivity contribution in [2.24, 2.45) is 39.6 Å². The van der Waals surface area contributed by atoms with Crippen molar-refractivity contribution in [3.05, 3.63) is 29.8 Å². The second kappa shape index (κ2) is 31.2. The third-order valence-electron chi connectivity index (χ3n) is 11.7. The molecule has 1 saturated heterocycles. The highest BCUT2D eigenvalue weighted by atomic mass is 16.4. The lowest BCUT2D eigenvalue weighted by Crippen LogP contribution is -2.61. The van der Waals surface area contributed by atoms with Crippen LogP contribution in [0.4, 0.5) is 0 Å². The molecule has 1 aliphatic rings. The molecule has 1 aliphatic heterocycles. The van der Waals surface area contributed by atoms with Crippen molar-refractivity contribution in [2.45, 2.75) is 152 Å². The molecule has 0 radical (unpaired) electrons. The molecule has 0 unspecified atom stereocenters. The number of rotatable bonds is 32. The molecule has 1 heterocycles. The predicted octanol–water partition coefficient (Wildman–Crippen LogP) is -6.25. The summed E-state index contributed by atoms with van der Waals surface area (Å²) in [5.74, 6) is -11.0. The molecular weight excluding hydrogens is 989 g/mol. The number of phenols is 1. The van der Waals surface area contributed by atoms with Crippen LogP contribution in [0.1, 0.15) is 91.0 Å². The number of hydrogen-bond donors (Lipinski definition) is 16. The molecule has 21 N–H and O–H groups in total. The van der Waals surface area contributed by atoms with Crippen LogP contribution in [-0.4, -0.2) is 177 Å². The van der Waals surface area contributed by atoms with E-state index in [4.69, 9.17) is 28.7 Å². The molecule has 418 valence electrons. The van der Waals surface area contributed by atoms with Crippen molar-refractivity contribution < 1.29 is 73.2 Å². The number of carbonyl (C=O) groups excluding carboxylic acids is 10. The quantitative estimate of drug-likeness (QED) is 0.0181. The lowest BCUT2D eigenvalue weighted by Gasteiger charge is -2.31. The highest BCUT2D eigenvalue weighted by Gasteiger charge is 2.41. The number of likely N-dealkylation sites (tertiary alicyclic amines) is 1. The Labute approximate surface area is 432 Å². The first kappa shape index (κ1) is 63.5. The smallest absolute Gasteiger partial charge is 0.328 e. The topological polar surface area (TPSA) is 499 Å². The molecule has 29 heteroatoms. The third kappa shape index (κ3) is 22.2. The van der Waals surface area contributed by atoms with Gasteiger partial charge in [-0.25, -0.2) is 4.79 Å². The normalized spacial score (nSPS) is 16.7. The zero-order valence-corrected chi connectivity index (χ0v) is 42.4. The summed E-state index contributed by atoms with van der Waals surface area (Å²) in [6.45, 7) is 4.89. The lowest BCUT2D eigenvalue weighted by atomic mass is 10.0. The number of nitrogens with zero attached hydrogens (tertiary/aromatic N) is 2. The number of carbonyl (C=O) groups is 11. The second-order valence-corrected chi connectivity index (χ2v) is 18.5. The predicted molar refractivity (Wildman–Crippen MR) is 266 cm³/mol. The van der Waals surface area contributed by atoms with E-state index in [0.717, 1.165) is 6.92 Å². The number of amides is 10. The minimum atomic E-state index is -1.74. The van der Waals surface area contributed by atoms with E-state index in [9.17, 15) is 73.2 Å². The summed E-state index contributed by atoms with van der Waals surface area (Å²) in [5, 5.41) is 56.7. The molecule has 29 nitrogen and oxygen atoms in total. The van der Waals surface area contributed by atoms with Gasteiger partial charge in [-0.15, -0.1) is 0 Å². The largest absolute Gasteiger partial charge is 0.508 e. The molecule has 1 aromatic carbocycles. The molecule has 0 spiro atoms. The van der Waals surface area contributed by atoms with Gasteiger partial charge in [0.25, 0.3) is 0 Å². The molecule has 1 fully saturated rings. The van der Waals surface area contributed by atoms with Crippen molar-refractivity contribution in [1.29, 1.82) is 0 Å². The number of hydrogen-bond acceptors (Lipinski definition) is 16. The summed E-state index contributed by atoms with van der Waals surface area (Å²) >= 11 is 0. The number of nitrogens with two attached hydrogens (primary N) is 5. The molecule has 1 aromatic rings. The van der Waals surface area contributed by atoms with Gasteiger partial charge in [-0.2, -0.15) is 0 Å². The van der Waals surface area contributed by atoms with Gasteiger partial charge in [0.15, 0.2) is 12.0 Å². The Hall–Kier alpha value is -7.66. The number of benzene rings is 1. The molecule has 2 rings (SSSR count). The summed E-state index contributed by atoms with van der Waals surface area (Å²) < 4.78 is 0. The van der Waals surface area contributed by atoms with Gasteiger partial charge in [0, 0.05) is 32.4 Å². The van der Waals surface area contributed by atoms with Crippen LogP contribution in [0.2, 0.25) is 0 Å². The van der Waals surface area contributed by atoms with Gasteiger partial charge in [0.05, 0.1) is 18.8 Å². The van der Waals surface area contributed by atoms with Crippen molar-refractivity contribution in [2.75, 3.05) is 19.7 Å². The Kier molecular flexibility index (Phi) is 26.4. The number of guanidine groups is 1. The maximum absolute atomic E-state index is 14.3. The van der Waals surface area contributed by atoms with Crippen LogP contribution in [-0.2, 0) is 59.2 Å². The first-order chi connectivity index (χ1) is 35.1. The minimum Gasteiger partial charge on any atom is -0.508 e. The third-order valence-corrected chi connectivity index (χ3v) is 11.7. The maximum Gasteiger partial charge on any atom is 0.328 e. The molecule has 0 aliphatic carbocycles. The fourth-order valence-corrected chi connectivity index (χ4v) is 7.63. The molecule has 0 bridgehead atoms. The number of aliphatic carboxylic acids is 1. The number of phenolic OH excluding ortho intramolecular Hbond substituents is 1. The van der Waals surface area contributed by atoms with E-state index in [0.29, 0.717) is 12.0 Å².